The molecule has 0 N–H and O–H groups in total. The molecular formula is C29H30Cl2N6. The summed E-state index contributed by atoms with van der Waals surface area (Å²) in [4.78, 5) is 4.91. The summed E-state index contributed by atoms with van der Waals surface area (Å²) >= 11 is 12.7. The van der Waals surface area contributed by atoms with Crippen molar-refractivity contribution in [3.05, 3.63) is 111 Å². The quantitative estimate of drug-likeness (QED) is 0.292. The number of aryl methyl sites for hydroxylation is 2. The summed E-state index contributed by atoms with van der Waals surface area (Å²) in [5.74, 6) is 0.771. The van der Waals surface area contributed by atoms with Crippen molar-refractivity contribution in [1.82, 2.24) is 30.0 Å². The van der Waals surface area contributed by atoms with E-state index in [0.29, 0.717) is 10.0 Å². The van der Waals surface area contributed by atoms with Crippen molar-refractivity contribution >= 4 is 29.3 Å². The Morgan fingerprint density at radius 1 is 0.865 bits per heavy atom. The van der Waals surface area contributed by atoms with Gasteiger partial charge in [-0.15, -0.1) is 5.10 Å². The van der Waals surface area contributed by atoms with E-state index in [4.69, 9.17) is 23.2 Å². The summed E-state index contributed by atoms with van der Waals surface area (Å²) in [6.45, 7) is 8.74. The van der Waals surface area contributed by atoms with Crippen LogP contribution in [0.15, 0.2) is 72.8 Å². The van der Waals surface area contributed by atoms with Gasteiger partial charge < -0.3 is 0 Å². The zero-order valence-corrected chi connectivity index (χ0v) is 22.6. The van der Waals surface area contributed by atoms with Crippen LogP contribution in [-0.2, 0) is 0 Å². The van der Waals surface area contributed by atoms with Gasteiger partial charge in [0.05, 0.1) is 21.8 Å². The van der Waals surface area contributed by atoms with Crippen LogP contribution >= 0.6 is 23.2 Å². The molecule has 0 bridgehead atoms. The van der Waals surface area contributed by atoms with Gasteiger partial charge in [-0.2, -0.15) is 4.68 Å². The van der Waals surface area contributed by atoms with E-state index in [-0.39, 0.29) is 6.04 Å². The molecule has 1 aliphatic heterocycles. The van der Waals surface area contributed by atoms with Gasteiger partial charge in [-0.25, -0.2) is 0 Å². The second-order valence-electron chi connectivity index (χ2n) is 9.42. The Kier molecular flexibility index (Phi) is 8.01. The number of halogens is 2. The molecule has 190 valence electrons. The third-order valence-electron chi connectivity index (χ3n) is 6.89. The Morgan fingerprint density at radius 2 is 1.59 bits per heavy atom. The lowest BCUT2D eigenvalue weighted by atomic mass is 10.0. The van der Waals surface area contributed by atoms with E-state index >= 15 is 0 Å². The molecule has 0 saturated carbocycles. The number of hydrogen-bond donors (Lipinski definition) is 0. The molecule has 0 radical (unpaired) electrons. The Bertz CT molecular complexity index is 1360. The molecular weight excluding hydrogens is 503 g/mol. The van der Waals surface area contributed by atoms with Crippen LogP contribution in [0, 0.1) is 13.8 Å². The van der Waals surface area contributed by atoms with Crippen molar-refractivity contribution in [2.24, 2.45) is 0 Å². The number of aromatic nitrogens is 4. The molecule has 1 saturated heterocycles. The molecule has 8 heteroatoms. The highest BCUT2D eigenvalue weighted by molar-refractivity contribution is 6.42. The van der Waals surface area contributed by atoms with Crippen molar-refractivity contribution in [3.8, 4) is 5.69 Å². The second kappa shape index (κ2) is 11.6. The Hall–Kier alpha value is -3.03. The van der Waals surface area contributed by atoms with Gasteiger partial charge in [0.1, 0.15) is 0 Å². The fraction of sp³-hybridized carbons (Fsp3) is 0.276. The molecule has 5 rings (SSSR count). The topological polar surface area (TPSA) is 50.1 Å². The van der Waals surface area contributed by atoms with E-state index < -0.39 is 0 Å². The highest BCUT2D eigenvalue weighted by Crippen LogP contribution is 2.34. The van der Waals surface area contributed by atoms with Crippen molar-refractivity contribution in [2.45, 2.75) is 19.9 Å². The molecule has 6 nitrogen and oxygen atoms in total. The lowest BCUT2D eigenvalue weighted by Gasteiger charge is -2.38. The van der Waals surface area contributed by atoms with Crippen molar-refractivity contribution in [3.63, 3.8) is 0 Å². The zero-order chi connectivity index (χ0) is 25.8. The molecule has 0 amide bonds. The molecule has 4 aromatic rings. The lowest BCUT2D eigenvalue weighted by Crippen LogP contribution is -2.48. The minimum Gasteiger partial charge on any atom is -0.297 e. The minimum atomic E-state index is -0.161. The molecule has 2 heterocycles. The van der Waals surface area contributed by atoms with Gasteiger partial charge in [0, 0.05) is 32.7 Å². The number of para-hydroxylation sites is 1. The summed E-state index contributed by atoms with van der Waals surface area (Å²) in [7, 11) is 0. The van der Waals surface area contributed by atoms with Crippen LogP contribution in [0.2, 0.25) is 10.0 Å². The first-order valence-corrected chi connectivity index (χ1v) is 13.2. The van der Waals surface area contributed by atoms with E-state index in [1.165, 1.54) is 5.56 Å². The number of piperazine rings is 1. The third-order valence-corrected chi connectivity index (χ3v) is 7.63. The van der Waals surface area contributed by atoms with Gasteiger partial charge in [-0.1, -0.05) is 90.0 Å². The first-order valence-electron chi connectivity index (χ1n) is 12.5. The smallest absolute Gasteiger partial charge is 0.178 e. The van der Waals surface area contributed by atoms with Gasteiger partial charge in [-0.3, -0.25) is 9.80 Å². The molecule has 1 aliphatic rings. The maximum Gasteiger partial charge on any atom is 0.178 e. The Morgan fingerprint density at radius 3 is 2.30 bits per heavy atom. The van der Waals surface area contributed by atoms with Crippen LogP contribution in [0.5, 0.6) is 0 Å². The normalized spacial score (nSPS) is 15.9. The van der Waals surface area contributed by atoms with Gasteiger partial charge in [0.15, 0.2) is 5.82 Å². The third kappa shape index (κ3) is 5.78. The number of hydrogen-bond acceptors (Lipinski definition) is 5. The monoisotopic (exact) mass is 532 g/mol. The number of benzene rings is 3. The van der Waals surface area contributed by atoms with E-state index in [0.717, 1.165) is 60.9 Å². The van der Waals surface area contributed by atoms with E-state index in [1.807, 2.05) is 28.9 Å². The Labute approximate surface area is 228 Å². The predicted molar refractivity (Wildman–Crippen MR) is 150 cm³/mol. The number of tetrazole rings is 1. The van der Waals surface area contributed by atoms with Crippen molar-refractivity contribution in [2.75, 3.05) is 32.7 Å². The second-order valence-corrected chi connectivity index (χ2v) is 10.2. The fourth-order valence-corrected chi connectivity index (χ4v) is 5.28. The lowest BCUT2D eigenvalue weighted by molar-refractivity contribution is 0.113. The van der Waals surface area contributed by atoms with E-state index in [9.17, 15) is 0 Å². The highest BCUT2D eigenvalue weighted by Gasteiger charge is 2.31. The predicted octanol–water partition coefficient (Wildman–Crippen LogP) is 6.01. The summed E-state index contributed by atoms with van der Waals surface area (Å²) in [6, 6.07) is 22.3. The SMILES string of the molecule is Cc1cccc(C)c1-n1nnnc1C(c1ccc(Cl)c(Cl)c1)N1CCN(CC=Cc2ccccc2)CC1. The first kappa shape index (κ1) is 25.6. The molecule has 1 atom stereocenters. The number of nitrogens with zero attached hydrogens (tertiary/aromatic N) is 6. The molecule has 0 spiro atoms. The summed E-state index contributed by atoms with van der Waals surface area (Å²) in [5.41, 5.74) is 5.50. The standard InChI is InChI=1S/C29H30Cl2N6/c1-21-8-6-9-22(2)27(21)37-29(32-33-34-37)28(24-13-14-25(30)26(31)20-24)36-18-16-35(17-19-36)15-7-12-23-10-4-3-5-11-23/h3-14,20,28H,15-19H2,1-2H3. The fourth-order valence-electron chi connectivity index (χ4n) is 4.98. The average Bonchev–Trinajstić information content (AvgIpc) is 3.36. The highest BCUT2D eigenvalue weighted by atomic mass is 35.5. The molecule has 37 heavy (non-hydrogen) atoms. The molecule has 1 aromatic heterocycles. The molecule has 0 aliphatic carbocycles. The van der Waals surface area contributed by atoms with Crippen molar-refractivity contribution in [1.29, 1.82) is 0 Å². The van der Waals surface area contributed by atoms with Crippen LogP contribution in [0.4, 0.5) is 0 Å². The van der Waals surface area contributed by atoms with Gasteiger partial charge in [0.25, 0.3) is 0 Å². The average molecular weight is 534 g/mol. The molecule has 3 aromatic carbocycles. The maximum absolute atomic E-state index is 6.47. The maximum atomic E-state index is 6.47. The van der Waals surface area contributed by atoms with Crippen molar-refractivity contribution < 1.29 is 0 Å². The van der Waals surface area contributed by atoms with Crippen LogP contribution in [-0.4, -0.2) is 62.7 Å². The van der Waals surface area contributed by atoms with E-state index in [1.54, 1.807) is 0 Å². The zero-order valence-electron chi connectivity index (χ0n) is 21.1. The minimum absolute atomic E-state index is 0.161. The summed E-state index contributed by atoms with van der Waals surface area (Å²) in [5, 5.41) is 14.1. The molecule has 1 unspecified atom stereocenters. The van der Waals surface area contributed by atoms with Gasteiger partial charge in [-0.05, 0) is 58.7 Å². The van der Waals surface area contributed by atoms with Gasteiger partial charge in [0.2, 0.25) is 0 Å². The number of rotatable bonds is 7. The van der Waals surface area contributed by atoms with Crippen LogP contribution < -0.4 is 0 Å². The van der Waals surface area contributed by atoms with Crippen LogP contribution in [0.1, 0.15) is 34.1 Å². The van der Waals surface area contributed by atoms with Crippen LogP contribution in [0.25, 0.3) is 11.8 Å². The van der Waals surface area contributed by atoms with E-state index in [2.05, 4.69) is 93.8 Å². The Balaban J connectivity index is 1.41. The molecule has 1 fully saturated rings. The summed E-state index contributed by atoms with van der Waals surface area (Å²) in [6.07, 6.45) is 4.42. The van der Waals surface area contributed by atoms with Crippen LogP contribution in [0.3, 0.4) is 0 Å². The largest absolute Gasteiger partial charge is 0.297 e. The first-order chi connectivity index (χ1) is 18.0. The van der Waals surface area contributed by atoms with Gasteiger partial charge >= 0.3 is 0 Å². The summed E-state index contributed by atoms with van der Waals surface area (Å²) < 4.78 is 1.88.